The van der Waals surface area contributed by atoms with E-state index in [0.717, 1.165) is 29.9 Å². The van der Waals surface area contributed by atoms with E-state index in [9.17, 15) is 4.79 Å². The van der Waals surface area contributed by atoms with Gasteiger partial charge in [-0.1, -0.05) is 12.1 Å². The number of benzene rings is 1. The standard InChI is InChI=1S/C15H19NO2/c1-10-5-4-6-13(18-9-11(2)17)14(10)15(16-3)12-7-8-12/h4-6,16H,7-9H2,1-3H3. The molecule has 1 aromatic rings. The Kier molecular flexibility index (Phi) is 3.70. The molecule has 0 unspecified atom stereocenters. The molecule has 0 radical (unpaired) electrons. The van der Waals surface area contributed by atoms with Crippen molar-refractivity contribution in [1.29, 1.82) is 0 Å². The fourth-order valence-corrected chi connectivity index (χ4v) is 2.05. The Morgan fingerprint density at radius 1 is 1.39 bits per heavy atom. The van der Waals surface area contributed by atoms with Crippen molar-refractivity contribution >= 4 is 11.5 Å². The number of allylic oxidation sites excluding steroid dienone is 1. The fourth-order valence-electron chi connectivity index (χ4n) is 2.05. The lowest BCUT2D eigenvalue weighted by molar-refractivity contribution is -0.118. The van der Waals surface area contributed by atoms with E-state index in [1.54, 1.807) is 0 Å². The Labute approximate surface area is 108 Å². The van der Waals surface area contributed by atoms with Crippen LogP contribution < -0.4 is 10.1 Å². The monoisotopic (exact) mass is 245 g/mol. The summed E-state index contributed by atoms with van der Waals surface area (Å²) in [5.41, 5.74) is 4.85. The number of nitrogens with one attached hydrogen (secondary N) is 1. The predicted molar refractivity (Wildman–Crippen MR) is 72.6 cm³/mol. The summed E-state index contributed by atoms with van der Waals surface area (Å²) in [6.07, 6.45) is 2.30. The maximum atomic E-state index is 11.0. The molecular weight excluding hydrogens is 226 g/mol. The number of carbonyl (C=O) groups is 1. The Bertz CT molecular complexity index is 497. The molecule has 1 aromatic carbocycles. The second-order valence-electron chi connectivity index (χ2n) is 4.67. The molecule has 96 valence electrons. The van der Waals surface area contributed by atoms with Gasteiger partial charge < -0.3 is 10.1 Å². The quantitative estimate of drug-likeness (QED) is 0.866. The molecule has 0 saturated heterocycles. The summed E-state index contributed by atoms with van der Waals surface area (Å²) in [6, 6.07) is 5.95. The molecular formula is C15H19NO2. The van der Waals surface area contributed by atoms with Gasteiger partial charge in [-0.3, -0.25) is 4.79 Å². The van der Waals surface area contributed by atoms with Gasteiger partial charge in [-0.25, -0.2) is 0 Å². The van der Waals surface area contributed by atoms with Gasteiger partial charge in [0, 0.05) is 18.3 Å². The van der Waals surface area contributed by atoms with E-state index < -0.39 is 0 Å². The Morgan fingerprint density at radius 2 is 2.11 bits per heavy atom. The molecule has 0 atom stereocenters. The SMILES string of the molecule is CNC(=C1CC1)c1c(C)cccc1OCC(C)=O. The van der Waals surface area contributed by atoms with E-state index in [0.29, 0.717) is 0 Å². The third kappa shape index (κ3) is 2.73. The van der Waals surface area contributed by atoms with Crippen LogP contribution in [0.25, 0.3) is 5.70 Å². The van der Waals surface area contributed by atoms with Crippen molar-refractivity contribution in [3.63, 3.8) is 0 Å². The predicted octanol–water partition coefficient (Wildman–Crippen LogP) is 2.69. The molecule has 1 saturated carbocycles. The van der Waals surface area contributed by atoms with Crippen LogP contribution in [-0.2, 0) is 4.79 Å². The van der Waals surface area contributed by atoms with Gasteiger partial charge in [-0.05, 0) is 43.9 Å². The topological polar surface area (TPSA) is 38.3 Å². The number of hydrogen-bond donors (Lipinski definition) is 1. The number of carbonyl (C=O) groups excluding carboxylic acids is 1. The highest BCUT2D eigenvalue weighted by Gasteiger charge is 2.21. The molecule has 0 amide bonds. The smallest absolute Gasteiger partial charge is 0.167 e. The Balaban J connectivity index is 2.38. The highest BCUT2D eigenvalue weighted by atomic mass is 16.5. The van der Waals surface area contributed by atoms with Crippen LogP contribution in [0.3, 0.4) is 0 Å². The minimum atomic E-state index is 0.0348. The number of ether oxygens (including phenoxy) is 1. The highest BCUT2D eigenvalue weighted by molar-refractivity contribution is 5.79. The largest absolute Gasteiger partial charge is 0.485 e. The third-order valence-electron chi connectivity index (χ3n) is 3.02. The molecule has 0 aromatic heterocycles. The number of Topliss-reactive ketones (excluding diaryl/α,β-unsaturated/α-hetero) is 1. The summed E-state index contributed by atoms with van der Waals surface area (Å²) in [7, 11) is 1.93. The molecule has 0 heterocycles. The van der Waals surface area contributed by atoms with E-state index in [1.165, 1.54) is 18.1 Å². The molecule has 1 aliphatic carbocycles. The van der Waals surface area contributed by atoms with Crippen LogP contribution in [0.2, 0.25) is 0 Å². The number of rotatable bonds is 5. The molecule has 0 bridgehead atoms. The van der Waals surface area contributed by atoms with E-state index >= 15 is 0 Å². The first-order chi connectivity index (χ1) is 8.63. The summed E-state index contributed by atoms with van der Waals surface area (Å²) >= 11 is 0. The van der Waals surface area contributed by atoms with Crippen molar-refractivity contribution in [2.45, 2.75) is 26.7 Å². The maximum absolute atomic E-state index is 11.0. The van der Waals surface area contributed by atoms with Gasteiger partial charge in [0.25, 0.3) is 0 Å². The van der Waals surface area contributed by atoms with Crippen LogP contribution in [0.4, 0.5) is 0 Å². The van der Waals surface area contributed by atoms with Gasteiger partial charge in [0.15, 0.2) is 5.78 Å². The fraction of sp³-hybridized carbons (Fsp3) is 0.400. The highest BCUT2D eigenvalue weighted by Crippen LogP contribution is 2.39. The summed E-state index contributed by atoms with van der Waals surface area (Å²) in [6.45, 7) is 3.73. The van der Waals surface area contributed by atoms with Gasteiger partial charge >= 0.3 is 0 Å². The van der Waals surface area contributed by atoms with Crippen molar-refractivity contribution in [2.75, 3.05) is 13.7 Å². The molecule has 0 spiro atoms. The van der Waals surface area contributed by atoms with Gasteiger partial charge in [-0.2, -0.15) is 0 Å². The first-order valence-corrected chi connectivity index (χ1v) is 6.25. The number of aryl methyl sites for hydroxylation is 1. The molecule has 2 rings (SSSR count). The van der Waals surface area contributed by atoms with Crippen molar-refractivity contribution in [2.24, 2.45) is 0 Å². The average molecular weight is 245 g/mol. The van der Waals surface area contributed by atoms with Crippen LogP contribution >= 0.6 is 0 Å². The second kappa shape index (κ2) is 5.25. The van der Waals surface area contributed by atoms with E-state index in [1.807, 2.05) is 19.2 Å². The Hall–Kier alpha value is -1.77. The first-order valence-electron chi connectivity index (χ1n) is 6.25. The molecule has 0 aliphatic heterocycles. The number of ketones is 1. The molecule has 3 heteroatoms. The van der Waals surface area contributed by atoms with Crippen LogP contribution in [0.5, 0.6) is 5.75 Å². The summed E-state index contributed by atoms with van der Waals surface area (Å²) in [4.78, 5) is 11.0. The minimum absolute atomic E-state index is 0.0348. The molecule has 18 heavy (non-hydrogen) atoms. The molecule has 1 aliphatic rings. The van der Waals surface area contributed by atoms with E-state index in [2.05, 4.69) is 18.3 Å². The third-order valence-corrected chi connectivity index (χ3v) is 3.02. The first kappa shape index (κ1) is 12.7. The maximum Gasteiger partial charge on any atom is 0.167 e. The Morgan fingerprint density at radius 3 is 2.67 bits per heavy atom. The molecule has 1 N–H and O–H groups in total. The van der Waals surface area contributed by atoms with Gasteiger partial charge in [0.2, 0.25) is 0 Å². The van der Waals surface area contributed by atoms with Crippen molar-refractivity contribution in [3.8, 4) is 5.75 Å². The van der Waals surface area contributed by atoms with Crippen LogP contribution in [0.1, 0.15) is 30.9 Å². The lowest BCUT2D eigenvalue weighted by atomic mass is 10.0. The minimum Gasteiger partial charge on any atom is -0.485 e. The van der Waals surface area contributed by atoms with Gasteiger partial charge in [0.1, 0.15) is 12.4 Å². The average Bonchev–Trinajstić information content (AvgIpc) is 3.14. The summed E-state index contributed by atoms with van der Waals surface area (Å²) in [5.74, 6) is 0.821. The summed E-state index contributed by atoms with van der Waals surface area (Å²) in [5, 5.41) is 3.26. The van der Waals surface area contributed by atoms with E-state index in [4.69, 9.17) is 4.74 Å². The van der Waals surface area contributed by atoms with Crippen LogP contribution in [-0.4, -0.2) is 19.4 Å². The summed E-state index contributed by atoms with van der Waals surface area (Å²) < 4.78 is 5.62. The van der Waals surface area contributed by atoms with Crippen LogP contribution in [0.15, 0.2) is 23.8 Å². The molecule has 1 fully saturated rings. The normalized spacial score (nSPS) is 13.2. The zero-order valence-electron chi connectivity index (χ0n) is 11.2. The lowest BCUT2D eigenvalue weighted by Crippen LogP contribution is -2.12. The van der Waals surface area contributed by atoms with Gasteiger partial charge in [0.05, 0.1) is 0 Å². The lowest BCUT2D eigenvalue weighted by Gasteiger charge is -2.16. The van der Waals surface area contributed by atoms with E-state index in [-0.39, 0.29) is 12.4 Å². The van der Waals surface area contributed by atoms with Crippen molar-refractivity contribution in [3.05, 3.63) is 34.9 Å². The molecule has 3 nitrogen and oxygen atoms in total. The van der Waals surface area contributed by atoms with Crippen molar-refractivity contribution < 1.29 is 9.53 Å². The van der Waals surface area contributed by atoms with Crippen LogP contribution in [0, 0.1) is 6.92 Å². The second-order valence-corrected chi connectivity index (χ2v) is 4.67. The zero-order valence-corrected chi connectivity index (χ0v) is 11.2. The van der Waals surface area contributed by atoms with Crippen molar-refractivity contribution in [1.82, 2.24) is 5.32 Å². The number of hydrogen-bond acceptors (Lipinski definition) is 3. The zero-order chi connectivity index (χ0) is 13.1. The van der Waals surface area contributed by atoms with Gasteiger partial charge in [-0.15, -0.1) is 0 Å².